The fourth-order valence-electron chi connectivity index (χ4n) is 4.19. The first kappa shape index (κ1) is 19.3. The first-order chi connectivity index (χ1) is 14.6. The third kappa shape index (κ3) is 4.00. The number of carbonyl (C=O) groups excluding carboxylic acids is 1. The van der Waals surface area contributed by atoms with E-state index < -0.39 is 5.79 Å². The number of fused-ring (bicyclic) bond motifs is 2. The number of thiazole rings is 1. The number of para-hydroxylation sites is 1. The van der Waals surface area contributed by atoms with Gasteiger partial charge in [0.05, 0.1) is 23.3 Å². The SMILES string of the molecule is CN(CC(=O)Nc1ccc2c(c1)OC1(CCCCC1)O2)Cc1nc2ccccc2s1. The second-order valence-corrected chi connectivity index (χ2v) is 9.25. The smallest absolute Gasteiger partial charge is 0.251 e. The largest absolute Gasteiger partial charge is 0.448 e. The van der Waals surface area contributed by atoms with Crippen LogP contribution in [-0.4, -0.2) is 35.2 Å². The third-order valence-corrected chi connectivity index (χ3v) is 6.61. The molecule has 0 atom stereocenters. The molecule has 0 bridgehead atoms. The highest BCUT2D eigenvalue weighted by Crippen LogP contribution is 2.46. The number of anilines is 1. The predicted octanol–water partition coefficient (Wildman–Crippen LogP) is 4.80. The van der Waals surface area contributed by atoms with Gasteiger partial charge in [0.15, 0.2) is 11.5 Å². The van der Waals surface area contributed by atoms with Crippen LogP contribution in [0.2, 0.25) is 0 Å². The number of likely N-dealkylation sites (N-methyl/N-ethyl adjacent to an activating group) is 1. The number of hydrogen-bond acceptors (Lipinski definition) is 6. The van der Waals surface area contributed by atoms with Crippen molar-refractivity contribution in [3.05, 3.63) is 47.5 Å². The molecule has 2 aromatic carbocycles. The van der Waals surface area contributed by atoms with Crippen LogP contribution in [0.5, 0.6) is 11.5 Å². The van der Waals surface area contributed by atoms with Gasteiger partial charge in [0.25, 0.3) is 5.79 Å². The number of benzene rings is 2. The Morgan fingerprint density at radius 2 is 1.93 bits per heavy atom. The molecule has 1 aliphatic carbocycles. The van der Waals surface area contributed by atoms with Crippen molar-refractivity contribution in [3.63, 3.8) is 0 Å². The van der Waals surface area contributed by atoms with E-state index in [-0.39, 0.29) is 12.5 Å². The van der Waals surface area contributed by atoms with Crippen LogP contribution in [0.15, 0.2) is 42.5 Å². The van der Waals surface area contributed by atoms with E-state index in [4.69, 9.17) is 9.47 Å². The second-order valence-electron chi connectivity index (χ2n) is 8.13. The summed E-state index contributed by atoms with van der Waals surface area (Å²) in [6.45, 7) is 0.921. The Balaban J connectivity index is 1.18. The average molecular weight is 424 g/mol. The molecule has 1 aliphatic heterocycles. The predicted molar refractivity (Wildman–Crippen MR) is 118 cm³/mol. The first-order valence-electron chi connectivity index (χ1n) is 10.4. The van der Waals surface area contributed by atoms with Crippen molar-refractivity contribution in [2.24, 2.45) is 0 Å². The number of carbonyl (C=O) groups is 1. The van der Waals surface area contributed by atoms with Crippen molar-refractivity contribution in [1.29, 1.82) is 0 Å². The molecular weight excluding hydrogens is 398 g/mol. The number of aromatic nitrogens is 1. The Hall–Kier alpha value is -2.64. The minimum absolute atomic E-state index is 0.0649. The zero-order valence-corrected chi connectivity index (χ0v) is 17.8. The maximum absolute atomic E-state index is 12.5. The Labute approximate surface area is 179 Å². The van der Waals surface area contributed by atoms with Crippen LogP contribution in [-0.2, 0) is 11.3 Å². The lowest BCUT2D eigenvalue weighted by atomic mass is 9.94. The van der Waals surface area contributed by atoms with Crippen molar-refractivity contribution in [1.82, 2.24) is 9.88 Å². The fourth-order valence-corrected chi connectivity index (χ4v) is 5.23. The van der Waals surface area contributed by atoms with Gasteiger partial charge >= 0.3 is 0 Å². The van der Waals surface area contributed by atoms with Gasteiger partial charge < -0.3 is 14.8 Å². The molecule has 0 radical (unpaired) electrons. The van der Waals surface area contributed by atoms with E-state index in [0.29, 0.717) is 6.54 Å². The molecule has 7 heteroatoms. The van der Waals surface area contributed by atoms with Crippen molar-refractivity contribution in [2.45, 2.75) is 44.4 Å². The number of nitrogens with zero attached hydrogens (tertiary/aromatic N) is 2. The van der Waals surface area contributed by atoms with Crippen LogP contribution in [0.3, 0.4) is 0 Å². The molecule has 2 heterocycles. The van der Waals surface area contributed by atoms with Gasteiger partial charge in [0, 0.05) is 24.6 Å². The second kappa shape index (κ2) is 7.89. The zero-order valence-electron chi connectivity index (χ0n) is 17.0. The molecule has 1 fully saturated rings. The van der Waals surface area contributed by atoms with Crippen LogP contribution in [0.4, 0.5) is 5.69 Å². The van der Waals surface area contributed by atoms with Gasteiger partial charge in [0.1, 0.15) is 5.01 Å². The molecule has 30 heavy (non-hydrogen) atoms. The summed E-state index contributed by atoms with van der Waals surface area (Å²) in [5, 5.41) is 3.98. The lowest BCUT2D eigenvalue weighted by molar-refractivity contribution is -0.117. The maximum atomic E-state index is 12.5. The van der Waals surface area contributed by atoms with Crippen LogP contribution < -0.4 is 14.8 Å². The average Bonchev–Trinajstić information content (AvgIpc) is 3.27. The lowest BCUT2D eigenvalue weighted by Crippen LogP contribution is -2.40. The Morgan fingerprint density at radius 1 is 1.13 bits per heavy atom. The van der Waals surface area contributed by atoms with Crippen LogP contribution in [0, 0.1) is 0 Å². The molecule has 2 aliphatic rings. The molecule has 0 unspecified atom stereocenters. The highest BCUT2D eigenvalue weighted by atomic mass is 32.1. The van der Waals surface area contributed by atoms with Gasteiger partial charge in [-0.15, -0.1) is 11.3 Å². The molecule has 1 aromatic heterocycles. The van der Waals surface area contributed by atoms with E-state index in [0.717, 1.165) is 53.4 Å². The standard InChI is InChI=1S/C23H25N3O3S/c1-26(15-22-25-17-7-3-4-8-20(17)30-22)14-21(27)24-16-9-10-18-19(13-16)29-23(28-18)11-5-2-6-12-23/h3-4,7-10,13H,2,5-6,11-12,14-15H2,1H3,(H,24,27). The molecule has 3 aromatic rings. The monoisotopic (exact) mass is 423 g/mol. The van der Waals surface area contributed by atoms with E-state index in [1.54, 1.807) is 11.3 Å². The van der Waals surface area contributed by atoms with E-state index in [9.17, 15) is 4.79 Å². The fraction of sp³-hybridized carbons (Fsp3) is 0.391. The molecule has 156 valence electrons. The van der Waals surface area contributed by atoms with Gasteiger partial charge in [0.2, 0.25) is 5.91 Å². The molecular formula is C23H25N3O3S. The molecule has 1 N–H and O–H groups in total. The van der Waals surface area contributed by atoms with E-state index in [1.807, 2.05) is 48.3 Å². The van der Waals surface area contributed by atoms with Crippen molar-refractivity contribution in [3.8, 4) is 11.5 Å². The summed E-state index contributed by atoms with van der Waals surface area (Å²) in [6, 6.07) is 13.7. The normalized spacial score (nSPS) is 17.0. The van der Waals surface area contributed by atoms with Gasteiger partial charge in [-0.25, -0.2) is 4.98 Å². The number of nitrogens with one attached hydrogen (secondary N) is 1. The number of ether oxygens (including phenoxy) is 2. The Kier molecular flexibility index (Phi) is 5.08. The van der Waals surface area contributed by atoms with Gasteiger partial charge in [-0.2, -0.15) is 0 Å². The molecule has 5 rings (SSSR count). The quantitative estimate of drug-likeness (QED) is 0.639. The Bertz CT molecular complexity index is 1040. The Morgan fingerprint density at radius 3 is 2.77 bits per heavy atom. The van der Waals surface area contributed by atoms with Crippen LogP contribution >= 0.6 is 11.3 Å². The summed E-state index contributed by atoms with van der Waals surface area (Å²) in [4.78, 5) is 19.1. The van der Waals surface area contributed by atoms with E-state index >= 15 is 0 Å². The molecule has 1 spiro atoms. The van der Waals surface area contributed by atoms with Gasteiger partial charge in [-0.1, -0.05) is 18.6 Å². The van der Waals surface area contributed by atoms with E-state index in [2.05, 4.69) is 16.4 Å². The van der Waals surface area contributed by atoms with E-state index in [1.165, 1.54) is 11.1 Å². The lowest BCUT2D eigenvalue weighted by Gasteiger charge is -2.31. The number of rotatable bonds is 5. The van der Waals surface area contributed by atoms with Crippen LogP contribution in [0.25, 0.3) is 10.2 Å². The molecule has 1 amide bonds. The summed E-state index contributed by atoms with van der Waals surface area (Å²) in [5.41, 5.74) is 1.73. The van der Waals surface area contributed by atoms with Crippen LogP contribution in [0.1, 0.15) is 37.1 Å². The summed E-state index contributed by atoms with van der Waals surface area (Å²) in [7, 11) is 1.93. The maximum Gasteiger partial charge on any atom is 0.251 e. The highest BCUT2D eigenvalue weighted by Gasteiger charge is 2.42. The highest BCUT2D eigenvalue weighted by molar-refractivity contribution is 7.18. The number of amides is 1. The summed E-state index contributed by atoms with van der Waals surface area (Å²) in [5.74, 6) is 0.922. The zero-order chi connectivity index (χ0) is 20.6. The topological polar surface area (TPSA) is 63.7 Å². The van der Waals surface area contributed by atoms with Gasteiger partial charge in [-0.3, -0.25) is 9.69 Å². The van der Waals surface area contributed by atoms with Crippen molar-refractivity contribution < 1.29 is 14.3 Å². The third-order valence-electron chi connectivity index (χ3n) is 5.59. The summed E-state index contributed by atoms with van der Waals surface area (Å²) < 4.78 is 13.4. The van der Waals surface area contributed by atoms with Gasteiger partial charge in [-0.05, 0) is 44.2 Å². The van der Waals surface area contributed by atoms with Crippen molar-refractivity contribution in [2.75, 3.05) is 18.9 Å². The minimum Gasteiger partial charge on any atom is -0.448 e. The molecule has 1 saturated carbocycles. The first-order valence-corrected chi connectivity index (χ1v) is 11.3. The minimum atomic E-state index is -0.499. The molecule has 0 saturated heterocycles. The molecule has 6 nitrogen and oxygen atoms in total. The van der Waals surface area contributed by atoms with Crippen molar-refractivity contribution >= 4 is 33.1 Å². The summed E-state index contributed by atoms with van der Waals surface area (Å²) in [6.07, 6.45) is 5.31. The number of hydrogen-bond donors (Lipinski definition) is 1. The summed E-state index contributed by atoms with van der Waals surface area (Å²) >= 11 is 1.67.